The summed E-state index contributed by atoms with van der Waals surface area (Å²) in [6, 6.07) is 6.66. The molecule has 0 radical (unpaired) electrons. The van der Waals surface area contributed by atoms with Crippen LogP contribution in [0.15, 0.2) is 27.6 Å². The second kappa shape index (κ2) is 8.17. The molecule has 1 nitrogen and oxygen atoms in total. The number of halogens is 1. The molecule has 0 atom stereocenters. The van der Waals surface area contributed by atoms with Crippen molar-refractivity contribution in [1.29, 1.82) is 0 Å². The minimum absolute atomic E-state index is 0.706. The number of thioether (sulfide) groups is 1. The highest BCUT2D eigenvalue weighted by Gasteiger charge is 2.02. The summed E-state index contributed by atoms with van der Waals surface area (Å²) < 4.78 is 1.22. The molecule has 17 heavy (non-hydrogen) atoms. The van der Waals surface area contributed by atoms with Crippen molar-refractivity contribution in [1.82, 2.24) is 5.32 Å². The quantitative estimate of drug-likeness (QED) is 0.732. The Labute approximate surface area is 118 Å². The van der Waals surface area contributed by atoms with E-state index in [0.29, 0.717) is 5.92 Å². The highest BCUT2D eigenvalue weighted by atomic mass is 79.9. The first-order chi connectivity index (χ1) is 8.13. The van der Waals surface area contributed by atoms with E-state index >= 15 is 0 Å². The summed E-state index contributed by atoms with van der Waals surface area (Å²) in [6.45, 7) is 8.70. The van der Waals surface area contributed by atoms with Crippen molar-refractivity contribution < 1.29 is 0 Å². The van der Waals surface area contributed by atoms with Crippen molar-refractivity contribution in [2.75, 3.05) is 12.3 Å². The molecule has 0 amide bonds. The lowest BCUT2D eigenvalue weighted by Gasteiger charge is -2.09. The van der Waals surface area contributed by atoms with Crippen LogP contribution in [-0.4, -0.2) is 12.3 Å². The van der Waals surface area contributed by atoms with Crippen LogP contribution < -0.4 is 5.32 Å². The van der Waals surface area contributed by atoms with Crippen molar-refractivity contribution in [2.24, 2.45) is 5.92 Å². The molecule has 0 heterocycles. The number of benzene rings is 1. The van der Waals surface area contributed by atoms with E-state index in [0.717, 1.165) is 13.1 Å². The molecular formula is C14H22BrNS. The number of nitrogens with one attached hydrogen (secondary N) is 1. The Hall–Kier alpha value is 0.01000. The van der Waals surface area contributed by atoms with E-state index in [-0.39, 0.29) is 0 Å². The van der Waals surface area contributed by atoms with Crippen LogP contribution in [0.4, 0.5) is 0 Å². The zero-order valence-electron chi connectivity index (χ0n) is 10.9. The fourth-order valence-corrected chi connectivity index (χ4v) is 3.04. The van der Waals surface area contributed by atoms with Crippen molar-refractivity contribution in [3.05, 3.63) is 28.2 Å². The van der Waals surface area contributed by atoms with Crippen molar-refractivity contribution in [2.45, 2.75) is 38.6 Å². The normalized spacial score (nSPS) is 11.1. The fraction of sp³-hybridized carbons (Fsp3) is 0.571. The topological polar surface area (TPSA) is 12.0 Å². The molecule has 0 saturated heterocycles. The van der Waals surface area contributed by atoms with Gasteiger partial charge in [0, 0.05) is 15.9 Å². The first kappa shape index (κ1) is 15.1. The Morgan fingerprint density at radius 2 is 2.12 bits per heavy atom. The maximum absolute atomic E-state index is 3.65. The Morgan fingerprint density at radius 3 is 2.71 bits per heavy atom. The van der Waals surface area contributed by atoms with Crippen molar-refractivity contribution >= 4 is 27.7 Å². The number of hydrogen-bond acceptors (Lipinski definition) is 2. The molecule has 1 N–H and O–H groups in total. The zero-order chi connectivity index (χ0) is 12.7. The van der Waals surface area contributed by atoms with Gasteiger partial charge in [0.1, 0.15) is 0 Å². The predicted octanol–water partition coefficient (Wildman–Crippen LogP) is 4.70. The van der Waals surface area contributed by atoms with E-state index in [1.54, 1.807) is 0 Å². The van der Waals surface area contributed by atoms with Crippen LogP contribution in [0.1, 0.15) is 32.8 Å². The zero-order valence-corrected chi connectivity index (χ0v) is 13.3. The van der Waals surface area contributed by atoms with Crippen LogP contribution in [0.2, 0.25) is 0 Å². The summed E-state index contributed by atoms with van der Waals surface area (Å²) in [6.07, 6.45) is 1.22. The Morgan fingerprint density at radius 1 is 1.35 bits per heavy atom. The molecule has 0 aliphatic carbocycles. The van der Waals surface area contributed by atoms with E-state index in [1.807, 2.05) is 11.8 Å². The smallest absolute Gasteiger partial charge is 0.0314 e. The second-order valence-electron chi connectivity index (χ2n) is 4.64. The first-order valence-corrected chi connectivity index (χ1v) is 8.03. The van der Waals surface area contributed by atoms with Gasteiger partial charge in [0.15, 0.2) is 0 Å². The van der Waals surface area contributed by atoms with Crippen molar-refractivity contribution in [3.63, 3.8) is 0 Å². The minimum Gasteiger partial charge on any atom is -0.312 e. The number of hydrogen-bond donors (Lipinski definition) is 1. The number of rotatable bonds is 7. The third-order valence-corrected chi connectivity index (χ3v) is 4.54. The summed E-state index contributed by atoms with van der Waals surface area (Å²) >= 11 is 5.57. The molecule has 1 aromatic carbocycles. The standard InChI is InChI=1S/C14H22BrNS/c1-4-7-17-14-6-5-12(8-13(14)15)10-16-9-11(2)3/h5-6,8,11,16H,4,7,9-10H2,1-3H3. The summed E-state index contributed by atoms with van der Waals surface area (Å²) in [4.78, 5) is 1.35. The molecule has 0 aliphatic rings. The largest absolute Gasteiger partial charge is 0.312 e. The molecule has 0 unspecified atom stereocenters. The fourth-order valence-electron chi connectivity index (χ4n) is 1.49. The average Bonchev–Trinajstić information content (AvgIpc) is 2.27. The highest BCUT2D eigenvalue weighted by molar-refractivity contribution is 9.10. The lowest BCUT2D eigenvalue weighted by molar-refractivity contribution is 0.552. The minimum atomic E-state index is 0.706. The maximum Gasteiger partial charge on any atom is 0.0314 e. The van der Waals surface area contributed by atoms with Gasteiger partial charge in [-0.05, 0) is 58.3 Å². The molecule has 0 spiro atoms. The average molecular weight is 316 g/mol. The van der Waals surface area contributed by atoms with Gasteiger partial charge in [-0.25, -0.2) is 0 Å². The van der Waals surface area contributed by atoms with Crippen LogP contribution >= 0.6 is 27.7 Å². The van der Waals surface area contributed by atoms with Gasteiger partial charge in [-0.1, -0.05) is 26.8 Å². The Bertz CT molecular complexity index is 339. The summed E-state index contributed by atoms with van der Waals surface area (Å²) in [5, 5.41) is 3.46. The van der Waals surface area contributed by atoms with E-state index < -0.39 is 0 Å². The van der Waals surface area contributed by atoms with Crippen LogP contribution in [0.5, 0.6) is 0 Å². The van der Waals surface area contributed by atoms with E-state index in [1.165, 1.54) is 27.1 Å². The van der Waals surface area contributed by atoms with Gasteiger partial charge in [0.05, 0.1) is 0 Å². The van der Waals surface area contributed by atoms with Crippen LogP contribution in [0, 0.1) is 5.92 Å². The lowest BCUT2D eigenvalue weighted by Crippen LogP contribution is -2.18. The molecule has 1 aromatic rings. The van der Waals surface area contributed by atoms with Crippen LogP contribution in [0.25, 0.3) is 0 Å². The molecule has 0 fully saturated rings. The van der Waals surface area contributed by atoms with Gasteiger partial charge < -0.3 is 5.32 Å². The molecule has 0 aliphatic heterocycles. The second-order valence-corrected chi connectivity index (χ2v) is 6.63. The molecule has 1 rings (SSSR count). The van der Waals surface area contributed by atoms with E-state index in [9.17, 15) is 0 Å². The molecule has 0 saturated carbocycles. The molecule has 0 aromatic heterocycles. The third-order valence-electron chi connectivity index (χ3n) is 2.34. The molecule has 0 bridgehead atoms. The lowest BCUT2D eigenvalue weighted by atomic mass is 10.2. The van der Waals surface area contributed by atoms with Gasteiger partial charge in [-0.2, -0.15) is 0 Å². The summed E-state index contributed by atoms with van der Waals surface area (Å²) in [5.74, 6) is 1.89. The highest BCUT2D eigenvalue weighted by Crippen LogP contribution is 2.28. The van der Waals surface area contributed by atoms with Gasteiger partial charge in [-0.15, -0.1) is 11.8 Å². The molecular weight excluding hydrogens is 294 g/mol. The van der Waals surface area contributed by atoms with Gasteiger partial charge in [0.2, 0.25) is 0 Å². The SMILES string of the molecule is CCCSc1ccc(CNCC(C)C)cc1Br. The van der Waals surface area contributed by atoms with Gasteiger partial charge in [-0.3, -0.25) is 0 Å². The molecule has 96 valence electrons. The molecule has 3 heteroatoms. The first-order valence-electron chi connectivity index (χ1n) is 6.25. The van der Waals surface area contributed by atoms with E-state index in [4.69, 9.17) is 0 Å². The Kier molecular flexibility index (Phi) is 7.24. The Balaban J connectivity index is 2.50. The predicted molar refractivity (Wildman–Crippen MR) is 81.7 cm³/mol. The van der Waals surface area contributed by atoms with Gasteiger partial charge >= 0.3 is 0 Å². The van der Waals surface area contributed by atoms with E-state index in [2.05, 4.69) is 60.2 Å². The van der Waals surface area contributed by atoms with Crippen LogP contribution in [0.3, 0.4) is 0 Å². The van der Waals surface area contributed by atoms with Crippen LogP contribution in [-0.2, 0) is 6.54 Å². The van der Waals surface area contributed by atoms with Crippen molar-refractivity contribution in [3.8, 4) is 0 Å². The summed E-state index contributed by atoms with van der Waals surface area (Å²) in [5.41, 5.74) is 1.35. The van der Waals surface area contributed by atoms with Gasteiger partial charge in [0.25, 0.3) is 0 Å². The monoisotopic (exact) mass is 315 g/mol. The summed E-state index contributed by atoms with van der Waals surface area (Å²) in [7, 11) is 0. The third kappa shape index (κ3) is 5.94. The maximum atomic E-state index is 3.65.